The van der Waals surface area contributed by atoms with Crippen LogP contribution in [0.4, 0.5) is 0 Å². The smallest absolute Gasteiger partial charge is 0.160 e. The third kappa shape index (κ3) is 2.38. The molecule has 4 nitrogen and oxygen atoms in total. The number of nitrogens with zero attached hydrogens (tertiary/aromatic N) is 3. The van der Waals surface area contributed by atoms with Crippen LogP contribution >= 0.6 is 0 Å². The summed E-state index contributed by atoms with van der Waals surface area (Å²) >= 11 is 0. The second-order valence-electron chi connectivity index (χ2n) is 6.48. The summed E-state index contributed by atoms with van der Waals surface area (Å²) in [5.41, 5.74) is 0.929. The monoisotopic (exact) mass is 282 g/mol. The molecule has 1 N–H and O–H groups in total. The van der Waals surface area contributed by atoms with Crippen molar-refractivity contribution in [1.29, 1.82) is 0 Å². The van der Waals surface area contributed by atoms with Crippen molar-refractivity contribution in [2.75, 3.05) is 6.54 Å². The number of aromatic nitrogens is 3. The van der Waals surface area contributed by atoms with Crippen LogP contribution in [0.15, 0.2) is 36.5 Å². The topological polar surface area (TPSA) is 42.2 Å². The van der Waals surface area contributed by atoms with Crippen LogP contribution in [0.3, 0.4) is 0 Å². The Morgan fingerprint density at radius 1 is 1.29 bits per heavy atom. The lowest BCUT2D eigenvalue weighted by atomic mass is 9.87. The maximum absolute atomic E-state index is 4.29. The van der Waals surface area contributed by atoms with E-state index in [1.165, 1.54) is 12.8 Å². The van der Waals surface area contributed by atoms with E-state index in [-0.39, 0.29) is 0 Å². The largest absolute Gasteiger partial charge is 0.314 e. The number of hydrogen-bond acceptors (Lipinski definition) is 3. The molecular formula is C17H22N4. The normalized spacial score (nSPS) is 28.5. The molecule has 0 spiro atoms. The van der Waals surface area contributed by atoms with Crippen molar-refractivity contribution in [3.05, 3.63) is 42.4 Å². The zero-order valence-electron chi connectivity index (χ0n) is 12.4. The van der Waals surface area contributed by atoms with Gasteiger partial charge in [0.1, 0.15) is 5.82 Å². The summed E-state index contributed by atoms with van der Waals surface area (Å²) in [5.74, 6) is 3.52. The molecule has 2 aromatic heterocycles. The van der Waals surface area contributed by atoms with Crippen LogP contribution in [0, 0.1) is 17.8 Å². The fourth-order valence-corrected chi connectivity index (χ4v) is 4.02. The molecule has 2 bridgehead atoms. The summed E-state index contributed by atoms with van der Waals surface area (Å²) in [7, 11) is 0. The van der Waals surface area contributed by atoms with E-state index < -0.39 is 0 Å². The van der Waals surface area contributed by atoms with Crippen molar-refractivity contribution >= 4 is 5.65 Å². The number of nitrogens with one attached hydrogen (secondary N) is 1. The van der Waals surface area contributed by atoms with Crippen molar-refractivity contribution < 1.29 is 0 Å². The first kappa shape index (κ1) is 13.0. The van der Waals surface area contributed by atoms with Gasteiger partial charge in [0.25, 0.3) is 0 Å². The van der Waals surface area contributed by atoms with Gasteiger partial charge in [-0.05, 0) is 49.7 Å². The Morgan fingerprint density at radius 2 is 2.24 bits per heavy atom. The van der Waals surface area contributed by atoms with Crippen molar-refractivity contribution in [2.45, 2.75) is 32.2 Å². The van der Waals surface area contributed by atoms with Gasteiger partial charge in [-0.1, -0.05) is 18.2 Å². The fourth-order valence-electron chi connectivity index (χ4n) is 4.02. The Labute approximate surface area is 125 Å². The van der Waals surface area contributed by atoms with E-state index in [9.17, 15) is 0 Å². The molecule has 2 aliphatic carbocycles. The Morgan fingerprint density at radius 3 is 3.05 bits per heavy atom. The fraction of sp³-hybridized carbons (Fsp3) is 0.529. The van der Waals surface area contributed by atoms with Crippen LogP contribution in [-0.4, -0.2) is 27.2 Å². The summed E-state index contributed by atoms with van der Waals surface area (Å²) in [4.78, 5) is 0. The summed E-state index contributed by atoms with van der Waals surface area (Å²) in [6.07, 6.45) is 10.6. The van der Waals surface area contributed by atoms with Gasteiger partial charge in [-0.2, -0.15) is 0 Å². The van der Waals surface area contributed by atoms with Crippen molar-refractivity contribution in [3.63, 3.8) is 0 Å². The SMILES string of the molecule is CC(NCCc1nnc2ccccn12)C1CC2C=CC1C2. The molecule has 0 amide bonds. The molecule has 1 fully saturated rings. The number of hydrogen-bond donors (Lipinski definition) is 1. The lowest BCUT2D eigenvalue weighted by Gasteiger charge is -2.26. The van der Waals surface area contributed by atoms with E-state index in [4.69, 9.17) is 0 Å². The van der Waals surface area contributed by atoms with Crippen molar-refractivity contribution in [1.82, 2.24) is 19.9 Å². The Hall–Kier alpha value is -1.68. The quantitative estimate of drug-likeness (QED) is 0.857. The molecule has 0 radical (unpaired) electrons. The predicted octanol–water partition coefficient (Wildman–Crippen LogP) is 2.46. The third-order valence-electron chi connectivity index (χ3n) is 5.17. The van der Waals surface area contributed by atoms with Gasteiger partial charge in [0.15, 0.2) is 5.65 Å². The van der Waals surface area contributed by atoms with E-state index in [2.05, 4.69) is 39.0 Å². The maximum atomic E-state index is 4.29. The highest BCUT2D eigenvalue weighted by Crippen LogP contribution is 2.44. The first-order valence-corrected chi connectivity index (χ1v) is 8.01. The van der Waals surface area contributed by atoms with Crippen LogP contribution in [0.2, 0.25) is 0 Å². The molecule has 21 heavy (non-hydrogen) atoms. The van der Waals surface area contributed by atoms with Gasteiger partial charge in [0.05, 0.1) is 0 Å². The standard InChI is InChI=1S/C17H22N4/c1-12(15-11-13-5-6-14(15)10-13)18-8-7-17-20-19-16-4-2-3-9-21(16)17/h2-6,9,12-15,18H,7-8,10-11H2,1H3. The third-order valence-corrected chi connectivity index (χ3v) is 5.17. The minimum Gasteiger partial charge on any atom is -0.314 e. The van der Waals surface area contributed by atoms with Gasteiger partial charge in [-0.25, -0.2) is 0 Å². The van der Waals surface area contributed by atoms with Crippen LogP contribution in [-0.2, 0) is 6.42 Å². The lowest BCUT2D eigenvalue weighted by molar-refractivity contribution is 0.328. The first-order valence-electron chi connectivity index (χ1n) is 8.01. The predicted molar refractivity (Wildman–Crippen MR) is 83.0 cm³/mol. The Bertz CT molecular complexity index is 660. The molecule has 4 atom stereocenters. The second kappa shape index (κ2) is 5.26. The molecule has 4 heteroatoms. The van der Waals surface area contributed by atoms with E-state index in [1.54, 1.807) is 0 Å². The van der Waals surface area contributed by atoms with Crippen LogP contribution in [0.1, 0.15) is 25.6 Å². The summed E-state index contributed by atoms with van der Waals surface area (Å²) in [6, 6.07) is 6.60. The van der Waals surface area contributed by atoms with Crippen molar-refractivity contribution in [3.8, 4) is 0 Å². The summed E-state index contributed by atoms with van der Waals surface area (Å²) in [6.45, 7) is 3.30. The van der Waals surface area contributed by atoms with Gasteiger partial charge in [-0.3, -0.25) is 4.40 Å². The number of fused-ring (bicyclic) bond motifs is 3. The zero-order chi connectivity index (χ0) is 14.2. The number of rotatable bonds is 5. The minimum atomic E-state index is 0.587. The average molecular weight is 282 g/mol. The zero-order valence-corrected chi connectivity index (χ0v) is 12.4. The molecule has 2 heterocycles. The number of allylic oxidation sites excluding steroid dienone is 2. The number of pyridine rings is 1. The molecule has 0 saturated heterocycles. The highest BCUT2D eigenvalue weighted by atomic mass is 15.2. The van der Waals surface area contributed by atoms with Crippen molar-refractivity contribution in [2.24, 2.45) is 17.8 Å². The van der Waals surface area contributed by atoms with E-state index in [0.29, 0.717) is 6.04 Å². The van der Waals surface area contributed by atoms with Gasteiger partial charge in [-0.15, -0.1) is 10.2 Å². The van der Waals surface area contributed by atoms with Gasteiger partial charge in [0.2, 0.25) is 0 Å². The van der Waals surface area contributed by atoms with Crippen LogP contribution in [0.25, 0.3) is 5.65 Å². The molecular weight excluding hydrogens is 260 g/mol. The molecule has 4 rings (SSSR count). The van der Waals surface area contributed by atoms with Crippen LogP contribution in [0.5, 0.6) is 0 Å². The Balaban J connectivity index is 1.34. The Kier molecular flexibility index (Phi) is 3.26. The van der Waals surface area contributed by atoms with E-state index >= 15 is 0 Å². The lowest BCUT2D eigenvalue weighted by Crippen LogP contribution is -2.36. The van der Waals surface area contributed by atoms with Crippen LogP contribution < -0.4 is 5.32 Å². The highest BCUT2D eigenvalue weighted by Gasteiger charge is 2.38. The first-order chi connectivity index (χ1) is 10.3. The average Bonchev–Trinajstić information content (AvgIpc) is 3.22. The maximum Gasteiger partial charge on any atom is 0.160 e. The second-order valence-corrected chi connectivity index (χ2v) is 6.48. The molecule has 1 saturated carbocycles. The van der Waals surface area contributed by atoms with Gasteiger partial charge < -0.3 is 5.32 Å². The van der Waals surface area contributed by atoms with E-state index in [1.807, 2.05) is 24.4 Å². The molecule has 2 aromatic rings. The summed E-state index contributed by atoms with van der Waals surface area (Å²) in [5, 5.41) is 12.2. The molecule has 2 aliphatic rings. The minimum absolute atomic E-state index is 0.587. The molecule has 0 aromatic carbocycles. The van der Waals surface area contributed by atoms with E-state index in [0.717, 1.165) is 42.2 Å². The molecule has 4 unspecified atom stereocenters. The molecule has 0 aliphatic heterocycles. The summed E-state index contributed by atoms with van der Waals surface area (Å²) < 4.78 is 2.08. The van der Waals surface area contributed by atoms with Gasteiger partial charge >= 0.3 is 0 Å². The molecule has 110 valence electrons. The van der Waals surface area contributed by atoms with Gasteiger partial charge in [0, 0.05) is 25.2 Å². The highest BCUT2D eigenvalue weighted by molar-refractivity contribution is 5.37.